The van der Waals surface area contributed by atoms with E-state index in [1.807, 2.05) is 0 Å². The number of aliphatic hydroxyl groups is 1. The van der Waals surface area contributed by atoms with Crippen LogP contribution in [0.25, 0.3) is 0 Å². The first-order valence-corrected chi connectivity index (χ1v) is 27.2. The first-order chi connectivity index (χ1) is 21.7. The van der Waals surface area contributed by atoms with E-state index in [9.17, 15) is 9.90 Å². The Morgan fingerprint density at radius 2 is 1.66 bits per heavy atom. The van der Waals surface area contributed by atoms with Crippen molar-refractivity contribution in [3.8, 4) is 11.8 Å². The zero-order valence-corrected chi connectivity index (χ0v) is 35.9. The van der Waals surface area contributed by atoms with E-state index in [-0.39, 0.29) is 41.5 Å². The van der Waals surface area contributed by atoms with Gasteiger partial charge in [0.1, 0.15) is 6.10 Å². The van der Waals surface area contributed by atoms with E-state index in [0.717, 1.165) is 62.4 Å². The molecule has 9 heteroatoms. The SMILES string of the molecule is CCCCC(C)(C/C=C/C1C(CCC#CC(O)CCC(=O)OC)=C(O[Si](C)(C)C(C)(C)C)CC1O[Si](CC)(CC)CC)O[Si](C)(C)C. The van der Waals surface area contributed by atoms with E-state index in [4.69, 9.17) is 18.0 Å². The Labute approximate surface area is 293 Å². The van der Waals surface area contributed by atoms with Crippen molar-refractivity contribution in [3.63, 3.8) is 0 Å². The average molecular weight is 709 g/mol. The molecule has 0 aromatic carbocycles. The van der Waals surface area contributed by atoms with Crippen molar-refractivity contribution in [1.82, 2.24) is 0 Å². The molecular formula is C38H72O6Si3. The zero-order chi connectivity index (χ0) is 36.1. The number of aliphatic hydroxyl groups excluding tert-OH is 1. The number of hydrogen-bond acceptors (Lipinski definition) is 6. The summed E-state index contributed by atoms with van der Waals surface area (Å²) in [5, 5.41) is 10.4. The molecule has 4 atom stereocenters. The van der Waals surface area contributed by atoms with Gasteiger partial charge in [-0.15, -0.1) is 5.92 Å². The van der Waals surface area contributed by atoms with Gasteiger partial charge in [-0.2, -0.15) is 0 Å². The van der Waals surface area contributed by atoms with Crippen molar-refractivity contribution in [1.29, 1.82) is 0 Å². The maximum absolute atomic E-state index is 11.5. The molecule has 0 aromatic rings. The highest BCUT2D eigenvalue weighted by molar-refractivity contribution is 6.74. The summed E-state index contributed by atoms with van der Waals surface area (Å²) in [5.74, 6) is 7.05. The molecule has 272 valence electrons. The van der Waals surface area contributed by atoms with Crippen molar-refractivity contribution < 1.29 is 27.9 Å². The largest absolute Gasteiger partial charge is 0.546 e. The standard InChI is InChI=1S/C38H72O6Si3/c1-15-19-28-38(8,44-45(10,11)12)29-22-25-33-32(24-21-20-23-31(39)26-27-36(40)41-9)34(42-46(13,14)37(5,6)7)30-35(33)43-47(16-2,17-3)18-4/h22,25,31,33,35,39H,15-19,21,24,26-30H2,1-14H3/b25-22+. The Morgan fingerprint density at radius 3 is 2.17 bits per heavy atom. The summed E-state index contributed by atoms with van der Waals surface area (Å²) < 4.78 is 25.9. The van der Waals surface area contributed by atoms with Crippen LogP contribution in [0.15, 0.2) is 23.5 Å². The van der Waals surface area contributed by atoms with Crippen molar-refractivity contribution in [2.75, 3.05) is 7.11 Å². The molecule has 47 heavy (non-hydrogen) atoms. The van der Waals surface area contributed by atoms with Gasteiger partial charge in [0.25, 0.3) is 0 Å². The summed E-state index contributed by atoms with van der Waals surface area (Å²) in [4.78, 5) is 11.5. The van der Waals surface area contributed by atoms with Crippen molar-refractivity contribution in [2.45, 2.75) is 187 Å². The number of carbonyl (C=O) groups is 1. The third-order valence-corrected chi connectivity index (χ3v) is 20.4. The van der Waals surface area contributed by atoms with Crippen molar-refractivity contribution in [2.24, 2.45) is 5.92 Å². The second kappa shape index (κ2) is 19.3. The zero-order valence-electron chi connectivity index (χ0n) is 32.9. The monoisotopic (exact) mass is 708 g/mol. The lowest BCUT2D eigenvalue weighted by Crippen LogP contribution is -2.42. The van der Waals surface area contributed by atoms with E-state index >= 15 is 0 Å². The van der Waals surface area contributed by atoms with Crippen LogP contribution < -0.4 is 0 Å². The number of rotatable bonds is 20. The van der Waals surface area contributed by atoms with Crippen LogP contribution in [0.4, 0.5) is 0 Å². The normalized spacial score (nSPS) is 19.8. The molecule has 0 aliphatic heterocycles. The molecule has 0 fully saturated rings. The Kier molecular flexibility index (Phi) is 18.0. The molecule has 0 bridgehead atoms. The maximum atomic E-state index is 11.5. The molecule has 1 N–H and O–H groups in total. The summed E-state index contributed by atoms with van der Waals surface area (Å²) >= 11 is 0. The van der Waals surface area contributed by atoms with Gasteiger partial charge in [0, 0.05) is 25.2 Å². The fraction of sp³-hybridized carbons (Fsp3) is 0.816. The summed E-state index contributed by atoms with van der Waals surface area (Å²) in [6, 6.07) is 3.32. The van der Waals surface area contributed by atoms with Crippen molar-refractivity contribution >= 4 is 30.9 Å². The van der Waals surface area contributed by atoms with Crippen LogP contribution in [0.3, 0.4) is 0 Å². The van der Waals surface area contributed by atoms with E-state index < -0.39 is 31.1 Å². The van der Waals surface area contributed by atoms with Crippen LogP contribution in [0.1, 0.15) is 113 Å². The van der Waals surface area contributed by atoms with Crippen LogP contribution in [0, 0.1) is 17.8 Å². The van der Waals surface area contributed by atoms with Gasteiger partial charge in [0.15, 0.2) is 16.6 Å². The minimum absolute atomic E-state index is 0.0472. The second-order valence-electron chi connectivity index (χ2n) is 16.3. The molecule has 0 aromatic heterocycles. The molecular weight excluding hydrogens is 637 g/mol. The van der Waals surface area contributed by atoms with Gasteiger partial charge < -0.3 is 23.1 Å². The van der Waals surface area contributed by atoms with E-state index in [1.165, 1.54) is 12.7 Å². The van der Waals surface area contributed by atoms with Crippen LogP contribution in [0.5, 0.6) is 0 Å². The van der Waals surface area contributed by atoms with E-state index in [2.05, 4.69) is 112 Å². The topological polar surface area (TPSA) is 74.2 Å². The van der Waals surface area contributed by atoms with Crippen LogP contribution in [-0.2, 0) is 22.8 Å². The Morgan fingerprint density at radius 1 is 1.04 bits per heavy atom. The van der Waals surface area contributed by atoms with Gasteiger partial charge in [-0.05, 0) is 94.1 Å². The molecule has 0 amide bonds. The summed E-state index contributed by atoms with van der Waals surface area (Å²) in [5.41, 5.74) is 1.11. The minimum atomic E-state index is -2.11. The highest BCUT2D eigenvalue weighted by Gasteiger charge is 2.45. The van der Waals surface area contributed by atoms with Gasteiger partial charge in [-0.1, -0.05) is 79.4 Å². The number of methoxy groups -OCH3 is 1. The second-order valence-corrected chi connectivity index (χ2v) is 30.2. The molecule has 0 saturated heterocycles. The third kappa shape index (κ3) is 14.7. The van der Waals surface area contributed by atoms with Crippen LogP contribution >= 0.6 is 0 Å². The molecule has 6 nitrogen and oxygen atoms in total. The molecule has 4 unspecified atom stereocenters. The number of hydrogen-bond donors (Lipinski definition) is 1. The van der Waals surface area contributed by atoms with E-state index in [1.54, 1.807) is 0 Å². The highest BCUT2D eigenvalue weighted by Crippen LogP contribution is 2.46. The predicted octanol–water partition coefficient (Wildman–Crippen LogP) is 10.5. The predicted molar refractivity (Wildman–Crippen MR) is 206 cm³/mol. The minimum Gasteiger partial charge on any atom is -0.546 e. The van der Waals surface area contributed by atoms with E-state index in [0.29, 0.717) is 6.42 Å². The van der Waals surface area contributed by atoms with Crippen molar-refractivity contribution in [3.05, 3.63) is 23.5 Å². The Hall–Kier alpha value is -1.16. The quantitative estimate of drug-likeness (QED) is 0.0587. The first-order valence-electron chi connectivity index (χ1n) is 18.4. The summed E-state index contributed by atoms with van der Waals surface area (Å²) in [6.07, 6.45) is 10.8. The summed E-state index contributed by atoms with van der Waals surface area (Å²) in [7, 11) is -4.39. The van der Waals surface area contributed by atoms with Crippen LogP contribution in [-0.4, -0.2) is 60.9 Å². The Bertz CT molecular complexity index is 1080. The van der Waals surface area contributed by atoms with Gasteiger partial charge in [-0.3, -0.25) is 4.79 Å². The van der Waals surface area contributed by atoms with Crippen LogP contribution in [0.2, 0.25) is 55.9 Å². The molecule has 1 aliphatic carbocycles. The smallest absolute Gasteiger partial charge is 0.305 e. The molecule has 1 aliphatic rings. The van der Waals surface area contributed by atoms with Gasteiger partial charge in [0.05, 0.1) is 24.6 Å². The average Bonchev–Trinajstić information content (AvgIpc) is 3.28. The lowest BCUT2D eigenvalue weighted by molar-refractivity contribution is -0.141. The highest BCUT2D eigenvalue weighted by atomic mass is 28.4. The number of ether oxygens (including phenoxy) is 1. The number of esters is 1. The fourth-order valence-electron chi connectivity index (χ4n) is 6.17. The molecule has 1 rings (SSSR count). The molecule has 0 heterocycles. The maximum Gasteiger partial charge on any atom is 0.305 e. The number of unbranched alkanes of at least 4 members (excludes halogenated alkanes) is 1. The first kappa shape index (κ1) is 43.9. The molecule has 0 saturated carbocycles. The van der Waals surface area contributed by atoms with Gasteiger partial charge in [0.2, 0.25) is 8.32 Å². The lowest BCUT2D eigenvalue weighted by atomic mass is 9.91. The Balaban J connectivity index is 3.58. The van der Waals surface area contributed by atoms with Gasteiger partial charge >= 0.3 is 5.97 Å². The molecule has 0 radical (unpaired) electrons. The summed E-state index contributed by atoms with van der Waals surface area (Å²) in [6.45, 7) is 29.8. The lowest BCUT2D eigenvalue weighted by Gasteiger charge is -2.37. The van der Waals surface area contributed by atoms with Gasteiger partial charge in [-0.25, -0.2) is 0 Å². The third-order valence-electron chi connectivity index (χ3n) is 10.2. The molecule has 0 spiro atoms. The number of carbonyl (C=O) groups excluding carboxylic acids is 1. The fourth-order valence-corrected chi connectivity index (χ4v) is 11.8.